The summed E-state index contributed by atoms with van der Waals surface area (Å²) in [6, 6.07) is 7.11. The van der Waals surface area contributed by atoms with E-state index in [1.54, 1.807) is 12.1 Å². The number of benzene rings is 1. The number of aliphatic imine (C=N–C) groups is 1. The van der Waals surface area contributed by atoms with E-state index < -0.39 is 0 Å². The highest BCUT2D eigenvalue weighted by Gasteiger charge is 2.15. The van der Waals surface area contributed by atoms with Gasteiger partial charge < -0.3 is 10.6 Å². The molecule has 0 aromatic heterocycles. The summed E-state index contributed by atoms with van der Waals surface area (Å²) < 4.78 is 0. The molecule has 0 amide bonds. The molecule has 2 N–H and O–H groups in total. The number of hydrogen-bond acceptors (Lipinski definition) is 3. The molecule has 114 valence electrons. The number of nitrogens with zero attached hydrogens (tertiary/aromatic N) is 2. The summed E-state index contributed by atoms with van der Waals surface area (Å²) in [5.74, 6) is 0.788. The molecular weight excluding hydrogens is 268 g/mol. The number of hydrogen-bond donors (Lipinski definition) is 2. The van der Waals surface area contributed by atoms with Gasteiger partial charge in [-0.25, -0.2) is 4.99 Å². The summed E-state index contributed by atoms with van der Waals surface area (Å²) >= 11 is 0. The number of nitro groups is 1. The maximum absolute atomic E-state index is 10.8. The third-order valence-corrected chi connectivity index (χ3v) is 3.58. The second kappa shape index (κ2) is 7.61. The van der Waals surface area contributed by atoms with Crippen molar-refractivity contribution < 1.29 is 4.92 Å². The Kier molecular flexibility index (Phi) is 5.54. The van der Waals surface area contributed by atoms with Crippen molar-refractivity contribution in [2.24, 2.45) is 4.99 Å². The Balaban J connectivity index is 2.00. The van der Waals surface area contributed by atoms with Crippen LogP contribution in [0.25, 0.3) is 0 Å². The molecule has 0 heterocycles. The van der Waals surface area contributed by atoms with Gasteiger partial charge in [0.05, 0.1) is 11.5 Å². The molecule has 0 unspecified atom stereocenters. The largest absolute Gasteiger partial charge is 0.357 e. The minimum Gasteiger partial charge on any atom is -0.357 e. The molecule has 6 nitrogen and oxygen atoms in total. The van der Waals surface area contributed by atoms with Crippen LogP contribution in [-0.4, -0.2) is 23.5 Å². The van der Waals surface area contributed by atoms with Gasteiger partial charge in [-0.2, -0.15) is 0 Å². The van der Waals surface area contributed by atoms with Gasteiger partial charge in [-0.05, 0) is 25.3 Å². The maximum Gasteiger partial charge on any atom is 0.269 e. The van der Waals surface area contributed by atoms with Gasteiger partial charge in [0, 0.05) is 24.7 Å². The molecule has 6 heteroatoms. The second-order valence-electron chi connectivity index (χ2n) is 5.25. The van der Waals surface area contributed by atoms with Crippen molar-refractivity contribution in [3.63, 3.8) is 0 Å². The van der Waals surface area contributed by atoms with E-state index >= 15 is 0 Å². The van der Waals surface area contributed by atoms with Crippen LogP contribution in [-0.2, 0) is 6.54 Å². The second-order valence-corrected chi connectivity index (χ2v) is 5.25. The minimum atomic E-state index is -0.380. The Bertz CT molecular complexity index is 510. The first-order valence-electron chi connectivity index (χ1n) is 7.47. The van der Waals surface area contributed by atoms with E-state index in [4.69, 9.17) is 0 Å². The monoisotopic (exact) mass is 290 g/mol. The van der Waals surface area contributed by atoms with E-state index in [-0.39, 0.29) is 10.6 Å². The topological polar surface area (TPSA) is 79.6 Å². The van der Waals surface area contributed by atoms with E-state index in [9.17, 15) is 10.1 Å². The van der Waals surface area contributed by atoms with Crippen LogP contribution in [0.4, 0.5) is 5.69 Å². The van der Waals surface area contributed by atoms with E-state index in [2.05, 4.69) is 15.6 Å². The van der Waals surface area contributed by atoms with Gasteiger partial charge in [0.2, 0.25) is 0 Å². The number of nitrogens with one attached hydrogen (secondary N) is 2. The fraction of sp³-hybridized carbons (Fsp3) is 0.533. The lowest BCUT2D eigenvalue weighted by atomic mass is 10.2. The molecule has 1 fully saturated rings. The van der Waals surface area contributed by atoms with Crippen molar-refractivity contribution in [1.29, 1.82) is 0 Å². The summed E-state index contributed by atoms with van der Waals surface area (Å²) in [6.45, 7) is 3.26. The molecule has 0 aliphatic heterocycles. The highest BCUT2D eigenvalue weighted by atomic mass is 16.6. The van der Waals surface area contributed by atoms with E-state index in [0.29, 0.717) is 12.6 Å². The first-order chi connectivity index (χ1) is 10.2. The Morgan fingerprint density at radius 2 is 2.19 bits per heavy atom. The molecule has 0 radical (unpaired) electrons. The lowest BCUT2D eigenvalue weighted by Gasteiger charge is -2.16. The predicted octanol–water partition coefficient (Wildman–Crippen LogP) is 2.59. The Morgan fingerprint density at radius 3 is 2.86 bits per heavy atom. The van der Waals surface area contributed by atoms with Crippen LogP contribution in [0.2, 0.25) is 0 Å². The van der Waals surface area contributed by atoms with Crippen LogP contribution in [0.3, 0.4) is 0 Å². The first-order valence-corrected chi connectivity index (χ1v) is 7.47. The van der Waals surface area contributed by atoms with Crippen LogP contribution >= 0.6 is 0 Å². The molecule has 1 aromatic carbocycles. The fourth-order valence-corrected chi connectivity index (χ4v) is 2.52. The molecule has 1 aliphatic rings. The molecule has 0 atom stereocenters. The van der Waals surface area contributed by atoms with Crippen molar-refractivity contribution in [2.75, 3.05) is 6.54 Å². The van der Waals surface area contributed by atoms with Gasteiger partial charge in [0.25, 0.3) is 5.69 Å². The quantitative estimate of drug-likeness (QED) is 0.378. The van der Waals surface area contributed by atoms with Crippen molar-refractivity contribution >= 4 is 11.6 Å². The lowest BCUT2D eigenvalue weighted by Crippen LogP contribution is -2.42. The molecule has 0 bridgehead atoms. The molecule has 0 saturated heterocycles. The van der Waals surface area contributed by atoms with Crippen molar-refractivity contribution in [3.8, 4) is 0 Å². The Hall–Kier alpha value is -2.11. The summed E-state index contributed by atoms with van der Waals surface area (Å²) in [5.41, 5.74) is 0.948. The zero-order chi connectivity index (χ0) is 15.1. The molecule has 1 aliphatic carbocycles. The average molecular weight is 290 g/mol. The highest BCUT2D eigenvalue weighted by molar-refractivity contribution is 5.80. The van der Waals surface area contributed by atoms with Gasteiger partial charge in [0.1, 0.15) is 0 Å². The molecule has 0 spiro atoms. The zero-order valence-corrected chi connectivity index (χ0v) is 12.3. The number of guanidine groups is 1. The van der Waals surface area contributed by atoms with Crippen LogP contribution in [0.15, 0.2) is 29.3 Å². The minimum absolute atomic E-state index is 0.108. The number of nitro benzene ring substituents is 1. The normalized spacial score (nSPS) is 16.0. The smallest absolute Gasteiger partial charge is 0.269 e. The number of non-ortho nitro benzene ring substituents is 1. The Morgan fingerprint density at radius 1 is 1.43 bits per heavy atom. The number of rotatable bonds is 5. The van der Waals surface area contributed by atoms with E-state index in [1.165, 1.54) is 31.7 Å². The average Bonchev–Trinajstić information content (AvgIpc) is 2.98. The van der Waals surface area contributed by atoms with Crippen molar-refractivity contribution in [1.82, 2.24) is 10.6 Å². The highest BCUT2D eigenvalue weighted by Crippen LogP contribution is 2.17. The molecular formula is C15H22N4O2. The van der Waals surface area contributed by atoms with Crippen molar-refractivity contribution in [3.05, 3.63) is 39.9 Å². The Labute approximate surface area is 124 Å². The molecule has 2 rings (SSSR count). The zero-order valence-electron chi connectivity index (χ0n) is 12.3. The standard InChI is InChI=1S/C15H22N4O2/c1-2-16-15(18-13-7-3-4-8-13)17-11-12-6-5-9-14(10-12)19(20)21/h5-6,9-10,13H,2-4,7-8,11H2,1H3,(H2,16,17,18). The lowest BCUT2D eigenvalue weighted by molar-refractivity contribution is -0.384. The molecule has 1 saturated carbocycles. The van der Waals surface area contributed by atoms with Gasteiger partial charge in [-0.1, -0.05) is 25.0 Å². The third-order valence-electron chi connectivity index (χ3n) is 3.58. The first kappa shape index (κ1) is 15.3. The third kappa shape index (κ3) is 4.73. The summed E-state index contributed by atoms with van der Waals surface area (Å²) in [5, 5.41) is 17.4. The van der Waals surface area contributed by atoms with E-state index in [0.717, 1.165) is 18.1 Å². The van der Waals surface area contributed by atoms with Crippen LogP contribution in [0.5, 0.6) is 0 Å². The van der Waals surface area contributed by atoms with Crippen molar-refractivity contribution in [2.45, 2.75) is 45.2 Å². The van der Waals surface area contributed by atoms with Crippen LogP contribution in [0, 0.1) is 10.1 Å². The van der Waals surface area contributed by atoms with Gasteiger partial charge in [0.15, 0.2) is 5.96 Å². The van der Waals surface area contributed by atoms with Gasteiger partial charge >= 0.3 is 0 Å². The summed E-state index contributed by atoms with van der Waals surface area (Å²) in [7, 11) is 0. The summed E-state index contributed by atoms with van der Waals surface area (Å²) in [6.07, 6.45) is 4.90. The SMILES string of the molecule is CCNC(=NCc1cccc([N+](=O)[O-])c1)NC1CCCC1. The maximum atomic E-state index is 10.8. The predicted molar refractivity (Wildman–Crippen MR) is 83.3 cm³/mol. The summed E-state index contributed by atoms with van der Waals surface area (Å²) in [4.78, 5) is 14.9. The van der Waals surface area contributed by atoms with Crippen LogP contribution < -0.4 is 10.6 Å². The molecule has 1 aromatic rings. The fourth-order valence-electron chi connectivity index (χ4n) is 2.52. The van der Waals surface area contributed by atoms with Gasteiger partial charge in [-0.15, -0.1) is 0 Å². The molecule has 21 heavy (non-hydrogen) atoms. The van der Waals surface area contributed by atoms with Gasteiger partial charge in [-0.3, -0.25) is 10.1 Å². The van der Waals surface area contributed by atoms with E-state index in [1.807, 2.05) is 13.0 Å². The van der Waals surface area contributed by atoms with Crippen LogP contribution in [0.1, 0.15) is 38.2 Å².